The molecule has 4 rings (SSSR count). The second kappa shape index (κ2) is 8.69. The summed E-state index contributed by atoms with van der Waals surface area (Å²) in [6, 6.07) is 6.55. The highest BCUT2D eigenvalue weighted by atomic mass is 15.1. The highest BCUT2D eigenvalue weighted by Crippen LogP contribution is 2.24. The van der Waals surface area contributed by atoms with Gasteiger partial charge in [-0.15, -0.1) is 0 Å². The fourth-order valence-electron chi connectivity index (χ4n) is 3.31. The summed E-state index contributed by atoms with van der Waals surface area (Å²) in [7, 11) is 0. The van der Waals surface area contributed by atoms with Crippen LogP contribution in [-0.4, -0.2) is 38.5 Å². The molecule has 1 aliphatic heterocycles. The molecule has 1 aliphatic rings. The van der Waals surface area contributed by atoms with Crippen LogP contribution in [0.5, 0.6) is 0 Å². The Kier molecular flexibility index (Phi) is 6.29. The van der Waals surface area contributed by atoms with Crippen molar-refractivity contribution in [3.05, 3.63) is 42.5 Å². The number of rotatable bonds is 3. The molecule has 0 aromatic carbocycles. The Balaban J connectivity index is 0.00000109. The summed E-state index contributed by atoms with van der Waals surface area (Å²) in [5.41, 5.74) is 3.76. The molecule has 0 bridgehead atoms. The third-order valence-electron chi connectivity index (χ3n) is 4.82. The molecule has 0 amide bonds. The number of nitrogens with zero attached hydrogens (tertiary/aromatic N) is 4. The van der Waals surface area contributed by atoms with Crippen molar-refractivity contribution < 1.29 is 0 Å². The van der Waals surface area contributed by atoms with Crippen LogP contribution in [0, 0.1) is 0 Å². The van der Waals surface area contributed by atoms with Crippen LogP contribution in [0.25, 0.3) is 17.0 Å². The fraction of sp³-hybridized carbons (Fsp3) is 0.500. The number of hydrogen-bond donors (Lipinski definition) is 2. The minimum Gasteiger partial charge on any atom is -0.366 e. The lowest BCUT2D eigenvalue weighted by molar-refractivity contribution is 0.479. The van der Waals surface area contributed by atoms with Gasteiger partial charge in [0.2, 0.25) is 0 Å². The molecule has 0 radical (unpaired) electrons. The van der Waals surface area contributed by atoms with E-state index in [9.17, 15) is 0 Å². The number of piperidine rings is 1. The van der Waals surface area contributed by atoms with Gasteiger partial charge in [0, 0.05) is 24.2 Å². The molecule has 4 heterocycles. The highest BCUT2D eigenvalue weighted by molar-refractivity contribution is 5.61. The predicted molar refractivity (Wildman–Crippen MR) is 116 cm³/mol. The average Bonchev–Trinajstić information content (AvgIpc) is 3.13. The van der Waals surface area contributed by atoms with Gasteiger partial charge in [0.25, 0.3) is 0 Å². The standard InChI is InChI=1S/C20H26N6.C2H6/c1-20(2,3)17-13-26-16(11-23-19(26)12-22-17)15-7-4-8-18(25-15)24-14-6-5-9-21-10-14;1-2/h4,7-8,11-14,21H,5-6,9-10H2,1-3H3,(H,24,25);1-2H3. The minimum absolute atomic E-state index is 0.0133. The van der Waals surface area contributed by atoms with Crippen molar-refractivity contribution in [1.82, 2.24) is 24.7 Å². The lowest BCUT2D eigenvalue weighted by Crippen LogP contribution is -2.38. The third-order valence-corrected chi connectivity index (χ3v) is 4.82. The average molecular weight is 381 g/mol. The zero-order chi connectivity index (χ0) is 20.1. The van der Waals surface area contributed by atoms with E-state index in [0.717, 1.165) is 41.6 Å². The summed E-state index contributed by atoms with van der Waals surface area (Å²) in [4.78, 5) is 13.9. The van der Waals surface area contributed by atoms with Crippen molar-refractivity contribution in [2.45, 2.75) is 58.9 Å². The van der Waals surface area contributed by atoms with Crippen LogP contribution in [-0.2, 0) is 5.41 Å². The van der Waals surface area contributed by atoms with Gasteiger partial charge in [-0.2, -0.15) is 0 Å². The molecule has 1 saturated heterocycles. The Hall–Kier alpha value is -2.47. The maximum absolute atomic E-state index is 4.83. The summed E-state index contributed by atoms with van der Waals surface area (Å²) >= 11 is 0. The molecule has 0 aliphatic carbocycles. The van der Waals surface area contributed by atoms with E-state index in [4.69, 9.17) is 4.98 Å². The quantitative estimate of drug-likeness (QED) is 0.710. The Bertz CT molecular complexity index is 903. The normalized spacial score (nSPS) is 17.1. The SMILES string of the molecule is CC.CC(C)(C)c1cn2c(-c3cccc(NC4CCCNC4)n3)cnc2cn1. The number of pyridine rings is 1. The van der Waals surface area contributed by atoms with Crippen molar-refractivity contribution >= 4 is 11.5 Å². The number of fused-ring (bicyclic) bond motifs is 1. The van der Waals surface area contributed by atoms with Crippen LogP contribution in [0.2, 0.25) is 0 Å². The molecule has 150 valence electrons. The van der Waals surface area contributed by atoms with E-state index in [1.807, 2.05) is 44.4 Å². The highest BCUT2D eigenvalue weighted by Gasteiger charge is 2.18. The van der Waals surface area contributed by atoms with Gasteiger partial charge >= 0.3 is 0 Å². The summed E-state index contributed by atoms with van der Waals surface area (Å²) in [6.07, 6.45) is 8.16. The van der Waals surface area contributed by atoms with E-state index >= 15 is 0 Å². The molecular weight excluding hydrogens is 348 g/mol. The number of anilines is 1. The van der Waals surface area contributed by atoms with Crippen LogP contribution >= 0.6 is 0 Å². The molecular formula is C22H32N6. The fourth-order valence-corrected chi connectivity index (χ4v) is 3.31. The van der Waals surface area contributed by atoms with E-state index in [1.54, 1.807) is 0 Å². The molecule has 0 spiro atoms. The number of imidazole rings is 1. The molecule has 0 saturated carbocycles. The van der Waals surface area contributed by atoms with Gasteiger partial charge < -0.3 is 10.6 Å². The molecule has 2 N–H and O–H groups in total. The van der Waals surface area contributed by atoms with Crippen LogP contribution < -0.4 is 10.6 Å². The molecule has 6 heteroatoms. The molecule has 3 aromatic rings. The van der Waals surface area contributed by atoms with E-state index < -0.39 is 0 Å². The molecule has 3 aromatic heterocycles. The molecule has 28 heavy (non-hydrogen) atoms. The molecule has 1 fully saturated rings. The van der Waals surface area contributed by atoms with E-state index in [-0.39, 0.29) is 5.41 Å². The number of hydrogen-bond acceptors (Lipinski definition) is 5. The van der Waals surface area contributed by atoms with Gasteiger partial charge in [-0.05, 0) is 31.5 Å². The zero-order valence-corrected chi connectivity index (χ0v) is 17.7. The molecule has 1 unspecified atom stereocenters. The maximum atomic E-state index is 4.83. The molecule has 6 nitrogen and oxygen atoms in total. The third kappa shape index (κ3) is 4.50. The van der Waals surface area contributed by atoms with Crippen LogP contribution in [0.3, 0.4) is 0 Å². The van der Waals surface area contributed by atoms with E-state index in [2.05, 4.69) is 52.0 Å². The molecule has 1 atom stereocenters. The first-order valence-corrected chi connectivity index (χ1v) is 10.3. The van der Waals surface area contributed by atoms with Crippen molar-refractivity contribution in [2.75, 3.05) is 18.4 Å². The predicted octanol–water partition coefficient (Wildman–Crippen LogP) is 4.28. The monoisotopic (exact) mass is 380 g/mol. The maximum Gasteiger partial charge on any atom is 0.155 e. The second-order valence-corrected chi connectivity index (χ2v) is 7.99. The van der Waals surface area contributed by atoms with Gasteiger partial charge in [-0.3, -0.25) is 9.38 Å². The van der Waals surface area contributed by atoms with Crippen LogP contribution in [0.1, 0.15) is 53.2 Å². The van der Waals surface area contributed by atoms with Gasteiger partial charge in [-0.1, -0.05) is 40.7 Å². The topological polar surface area (TPSA) is 67.1 Å². The summed E-state index contributed by atoms with van der Waals surface area (Å²) in [5, 5.41) is 6.98. The largest absolute Gasteiger partial charge is 0.366 e. The first-order valence-electron chi connectivity index (χ1n) is 10.3. The lowest BCUT2D eigenvalue weighted by Gasteiger charge is -2.24. The van der Waals surface area contributed by atoms with Gasteiger partial charge in [0.1, 0.15) is 5.82 Å². The van der Waals surface area contributed by atoms with Crippen LogP contribution in [0.4, 0.5) is 5.82 Å². The van der Waals surface area contributed by atoms with Crippen LogP contribution in [0.15, 0.2) is 36.8 Å². The van der Waals surface area contributed by atoms with E-state index in [1.165, 1.54) is 12.8 Å². The van der Waals surface area contributed by atoms with E-state index in [0.29, 0.717) is 6.04 Å². The van der Waals surface area contributed by atoms with Crippen molar-refractivity contribution in [1.29, 1.82) is 0 Å². The minimum atomic E-state index is -0.0133. The van der Waals surface area contributed by atoms with Crippen molar-refractivity contribution in [2.24, 2.45) is 0 Å². The first kappa shape index (κ1) is 20.3. The summed E-state index contributed by atoms with van der Waals surface area (Å²) < 4.78 is 2.09. The van der Waals surface area contributed by atoms with Gasteiger partial charge in [0.15, 0.2) is 5.65 Å². The second-order valence-electron chi connectivity index (χ2n) is 7.99. The summed E-state index contributed by atoms with van der Waals surface area (Å²) in [6.45, 7) is 12.6. The van der Waals surface area contributed by atoms with Crippen molar-refractivity contribution in [3.63, 3.8) is 0 Å². The van der Waals surface area contributed by atoms with Gasteiger partial charge in [0.05, 0.1) is 29.5 Å². The Morgan fingerprint density at radius 3 is 2.68 bits per heavy atom. The Morgan fingerprint density at radius 1 is 1.14 bits per heavy atom. The Morgan fingerprint density at radius 2 is 1.96 bits per heavy atom. The number of aromatic nitrogens is 4. The van der Waals surface area contributed by atoms with Crippen molar-refractivity contribution in [3.8, 4) is 11.4 Å². The number of nitrogens with one attached hydrogen (secondary N) is 2. The Labute approximate surface area is 167 Å². The zero-order valence-electron chi connectivity index (χ0n) is 17.7. The summed E-state index contributed by atoms with van der Waals surface area (Å²) in [5.74, 6) is 0.913. The lowest BCUT2D eigenvalue weighted by atomic mass is 9.93. The first-order chi connectivity index (χ1) is 13.5. The smallest absolute Gasteiger partial charge is 0.155 e. The van der Waals surface area contributed by atoms with Gasteiger partial charge in [-0.25, -0.2) is 9.97 Å².